The van der Waals surface area contributed by atoms with E-state index in [2.05, 4.69) is 20.1 Å². The molecule has 0 spiro atoms. The van der Waals surface area contributed by atoms with Gasteiger partial charge in [0.25, 0.3) is 0 Å². The first-order valence-corrected chi connectivity index (χ1v) is 5.76. The van der Waals surface area contributed by atoms with E-state index in [1.54, 1.807) is 0 Å². The van der Waals surface area contributed by atoms with E-state index in [1.165, 1.54) is 0 Å². The molecule has 0 aromatic heterocycles. The van der Waals surface area contributed by atoms with Gasteiger partial charge in [0.15, 0.2) is 0 Å². The first-order chi connectivity index (χ1) is 3.12. The fraction of sp³-hybridized carbons (Fsp3) is 1.00. The topological polar surface area (TPSA) is 0 Å². The van der Waals surface area contributed by atoms with Crippen molar-refractivity contribution in [3.63, 3.8) is 0 Å². The molecule has 0 N–H and O–H groups in total. The average Bonchev–Trinajstić information content (AvgIpc) is 1.68. The number of hydrogen-bond acceptors (Lipinski definition) is 0. The molecule has 0 radical (unpaired) electrons. The normalized spacial score (nSPS) is 14.3. The number of halogens is 1. The maximum absolute atomic E-state index is 5.99. The third-order valence-corrected chi connectivity index (χ3v) is 4.92. The van der Waals surface area contributed by atoms with Crippen LogP contribution in [0.1, 0.15) is 13.8 Å². The monoisotopic (exact) mass is 140 g/mol. The molecule has 46 valence electrons. The van der Waals surface area contributed by atoms with Crippen molar-refractivity contribution in [1.82, 2.24) is 0 Å². The van der Waals surface area contributed by atoms with Gasteiger partial charge >= 0.3 is 0 Å². The van der Waals surface area contributed by atoms with Crippen molar-refractivity contribution in [1.29, 1.82) is 0 Å². The second-order valence-electron chi connectivity index (χ2n) is 1.73. The SMILES string of the molecule is CCS(C)(Cl)CC. The summed E-state index contributed by atoms with van der Waals surface area (Å²) in [7, 11) is 5.30. The van der Waals surface area contributed by atoms with Crippen molar-refractivity contribution < 1.29 is 0 Å². The summed E-state index contributed by atoms with van der Waals surface area (Å²) in [4.78, 5) is 0. The van der Waals surface area contributed by atoms with Crippen LogP contribution in [0.2, 0.25) is 0 Å². The second kappa shape index (κ2) is 2.83. The average molecular weight is 141 g/mol. The lowest BCUT2D eigenvalue weighted by Gasteiger charge is -2.22. The Morgan fingerprint density at radius 3 is 1.57 bits per heavy atom. The predicted octanol–water partition coefficient (Wildman–Crippen LogP) is 2.61. The Morgan fingerprint density at radius 2 is 1.57 bits per heavy atom. The lowest BCUT2D eigenvalue weighted by molar-refractivity contribution is 1.43. The molecule has 0 saturated heterocycles. The zero-order chi connectivity index (χ0) is 5.91. The van der Waals surface area contributed by atoms with Crippen molar-refractivity contribution in [2.24, 2.45) is 0 Å². The Morgan fingerprint density at radius 1 is 1.29 bits per heavy atom. The van der Waals surface area contributed by atoms with Gasteiger partial charge in [0.05, 0.1) is 0 Å². The van der Waals surface area contributed by atoms with Crippen molar-refractivity contribution in [2.75, 3.05) is 17.8 Å². The molecule has 0 aliphatic rings. The van der Waals surface area contributed by atoms with Gasteiger partial charge in [0, 0.05) is 0 Å². The third kappa shape index (κ3) is 3.24. The van der Waals surface area contributed by atoms with Crippen molar-refractivity contribution in [3.05, 3.63) is 0 Å². The van der Waals surface area contributed by atoms with E-state index in [0.29, 0.717) is 0 Å². The maximum atomic E-state index is 5.99. The largest absolute Gasteiger partial charge is 0.167 e. The molecule has 0 aromatic rings. The van der Waals surface area contributed by atoms with Crippen LogP contribution < -0.4 is 0 Å². The van der Waals surface area contributed by atoms with E-state index in [0.717, 1.165) is 11.5 Å². The molecule has 0 unspecified atom stereocenters. The predicted molar refractivity (Wildman–Crippen MR) is 40.5 cm³/mol. The maximum Gasteiger partial charge on any atom is -0.0132 e. The van der Waals surface area contributed by atoms with Crippen LogP contribution in [-0.2, 0) is 0 Å². The number of hydrogen-bond donors (Lipinski definition) is 0. The van der Waals surface area contributed by atoms with Crippen LogP contribution in [0.3, 0.4) is 0 Å². The minimum atomic E-state index is -0.685. The van der Waals surface area contributed by atoms with Crippen LogP contribution in [0.4, 0.5) is 0 Å². The van der Waals surface area contributed by atoms with Crippen LogP contribution in [0.25, 0.3) is 0 Å². The molecule has 0 bridgehead atoms. The van der Waals surface area contributed by atoms with Crippen molar-refractivity contribution >= 4 is 19.9 Å². The molecule has 0 aliphatic carbocycles. The Labute approximate surface area is 52.1 Å². The fourth-order valence-electron chi connectivity index (χ4n) is 0.204. The Balaban J connectivity index is 3.36. The first kappa shape index (κ1) is 7.64. The Bertz CT molecular complexity index is 46.0. The zero-order valence-corrected chi connectivity index (χ0v) is 6.77. The molecule has 0 aromatic carbocycles. The third-order valence-electron chi connectivity index (χ3n) is 1.20. The summed E-state index contributed by atoms with van der Waals surface area (Å²) >= 11 is 0. The van der Waals surface area contributed by atoms with Gasteiger partial charge in [-0.05, 0) is 17.8 Å². The van der Waals surface area contributed by atoms with Gasteiger partial charge in [-0.1, -0.05) is 24.5 Å². The molecule has 0 saturated carbocycles. The summed E-state index contributed by atoms with van der Waals surface area (Å²) in [5, 5.41) is 0. The highest BCUT2D eigenvalue weighted by atomic mass is 35.7. The first-order valence-electron chi connectivity index (χ1n) is 2.55. The summed E-state index contributed by atoms with van der Waals surface area (Å²) in [6.07, 6.45) is 2.15. The minimum absolute atomic E-state index is 0.685. The molecular weight excluding hydrogens is 128 g/mol. The molecule has 0 aliphatic heterocycles. The molecule has 0 rings (SSSR count). The van der Waals surface area contributed by atoms with E-state index < -0.39 is 9.24 Å². The molecule has 0 amide bonds. The molecule has 7 heavy (non-hydrogen) atoms. The molecule has 0 nitrogen and oxygen atoms in total. The standard InChI is InChI=1S/C5H13ClS/c1-4-7(3,6)5-2/h4-5H2,1-3H3. The number of rotatable bonds is 2. The molecule has 2 heteroatoms. The van der Waals surface area contributed by atoms with Gasteiger partial charge in [-0.25, -0.2) is 0 Å². The van der Waals surface area contributed by atoms with E-state index in [4.69, 9.17) is 10.7 Å². The minimum Gasteiger partial charge on any atom is -0.167 e. The van der Waals surface area contributed by atoms with Gasteiger partial charge in [-0.3, -0.25) is 0 Å². The summed E-state index contributed by atoms with van der Waals surface area (Å²) < 4.78 is 0. The molecule has 0 heterocycles. The zero-order valence-electron chi connectivity index (χ0n) is 5.20. The van der Waals surface area contributed by atoms with E-state index in [1.807, 2.05) is 0 Å². The van der Waals surface area contributed by atoms with Crippen molar-refractivity contribution in [2.45, 2.75) is 13.8 Å². The fourth-order valence-corrected chi connectivity index (χ4v) is 0.612. The highest BCUT2D eigenvalue weighted by Crippen LogP contribution is 2.48. The van der Waals surface area contributed by atoms with Gasteiger partial charge in [-0.2, -0.15) is 9.24 Å². The molecule has 0 atom stereocenters. The van der Waals surface area contributed by atoms with Gasteiger partial charge in [0.1, 0.15) is 0 Å². The summed E-state index contributed by atoms with van der Waals surface area (Å²) in [6, 6.07) is 0. The van der Waals surface area contributed by atoms with E-state index in [-0.39, 0.29) is 0 Å². The van der Waals surface area contributed by atoms with Crippen LogP contribution in [0.15, 0.2) is 0 Å². The van der Waals surface area contributed by atoms with Crippen LogP contribution in [-0.4, -0.2) is 17.8 Å². The Hall–Kier alpha value is 0.640. The molecular formula is C5H13ClS. The van der Waals surface area contributed by atoms with Crippen LogP contribution in [0, 0.1) is 0 Å². The van der Waals surface area contributed by atoms with Gasteiger partial charge in [-0.15, -0.1) is 0 Å². The summed E-state index contributed by atoms with van der Waals surface area (Å²) in [5.41, 5.74) is 0. The smallest absolute Gasteiger partial charge is 0.0132 e. The summed E-state index contributed by atoms with van der Waals surface area (Å²) in [6.45, 7) is 4.29. The lowest BCUT2D eigenvalue weighted by atomic mass is 11.0. The highest BCUT2D eigenvalue weighted by Gasteiger charge is 2.05. The van der Waals surface area contributed by atoms with Crippen LogP contribution in [0.5, 0.6) is 0 Å². The highest BCUT2D eigenvalue weighted by molar-refractivity contribution is 8.50. The van der Waals surface area contributed by atoms with Crippen molar-refractivity contribution in [3.8, 4) is 0 Å². The van der Waals surface area contributed by atoms with Gasteiger partial charge in [0.2, 0.25) is 0 Å². The second-order valence-corrected chi connectivity index (χ2v) is 7.43. The van der Waals surface area contributed by atoms with E-state index in [9.17, 15) is 0 Å². The lowest BCUT2D eigenvalue weighted by Crippen LogP contribution is -1.93. The quantitative estimate of drug-likeness (QED) is 0.553. The van der Waals surface area contributed by atoms with E-state index >= 15 is 0 Å². The molecule has 0 fully saturated rings. The summed E-state index contributed by atoms with van der Waals surface area (Å²) in [5.74, 6) is 2.29. The Kier molecular flexibility index (Phi) is 3.09. The van der Waals surface area contributed by atoms with Crippen LogP contribution >= 0.6 is 19.9 Å². The van der Waals surface area contributed by atoms with Gasteiger partial charge < -0.3 is 0 Å².